The molecule has 0 radical (unpaired) electrons. The van der Waals surface area contributed by atoms with Crippen LogP contribution in [0.1, 0.15) is 11.4 Å². The lowest BCUT2D eigenvalue weighted by Gasteiger charge is -2.37. The van der Waals surface area contributed by atoms with Crippen molar-refractivity contribution in [1.29, 1.82) is 0 Å². The zero-order valence-corrected chi connectivity index (χ0v) is 25.8. The summed E-state index contributed by atoms with van der Waals surface area (Å²) in [6.07, 6.45) is 3.71. The molecule has 4 heterocycles. The molecule has 12 heteroatoms. The van der Waals surface area contributed by atoms with E-state index in [2.05, 4.69) is 24.8 Å². The summed E-state index contributed by atoms with van der Waals surface area (Å²) in [5, 5.41) is 0.348. The number of likely N-dealkylation sites (tertiary alicyclic amines) is 2. The van der Waals surface area contributed by atoms with E-state index in [1.807, 2.05) is 12.1 Å². The summed E-state index contributed by atoms with van der Waals surface area (Å²) in [5.74, 6) is 0.308. The molecule has 2 aliphatic heterocycles. The van der Waals surface area contributed by atoms with Gasteiger partial charge in [0.05, 0.1) is 55.2 Å². The van der Waals surface area contributed by atoms with E-state index < -0.39 is 5.82 Å². The Bertz CT molecular complexity index is 1530. The number of methoxy groups -OCH3 is 4. The second-order valence-electron chi connectivity index (χ2n) is 10.9. The first kappa shape index (κ1) is 30.3. The number of benzene rings is 2. The van der Waals surface area contributed by atoms with Crippen LogP contribution in [0.5, 0.6) is 11.8 Å². The molecule has 0 unspecified atom stereocenters. The first-order chi connectivity index (χ1) is 21.4. The second-order valence-corrected chi connectivity index (χ2v) is 11.2. The molecule has 2 fully saturated rings. The van der Waals surface area contributed by atoms with Crippen molar-refractivity contribution in [2.45, 2.75) is 25.3 Å². The standard InChI is InChI=1S/C32H34ClFN6O4/c1-41-19-13-39(14-19)17-27-31(43-3)37-25(11-35-27)23-9-5-7-21(29(23)33)22-8-6-10-24(30(22)34)26-12-36-28(32(38-26)44-4)18-40-15-20(16-40)42-2/h5-12,19-20H,13-18H2,1-4H3. The van der Waals surface area contributed by atoms with Crippen molar-refractivity contribution in [2.75, 3.05) is 54.6 Å². The molecule has 2 aliphatic rings. The topological polar surface area (TPSA) is 95.0 Å². The minimum Gasteiger partial charge on any atom is -0.480 e. The summed E-state index contributed by atoms with van der Waals surface area (Å²) in [6, 6.07) is 10.5. The smallest absolute Gasteiger partial charge is 0.237 e. The van der Waals surface area contributed by atoms with Gasteiger partial charge in [0.25, 0.3) is 0 Å². The molecule has 0 N–H and O–H groups in total. The predicted molar refractivity (Wildman–Crippen MR) is 164 cm³/mol. The fourth-order valence-corrected chi connectivity index (χ4v) is 5.82. The fraction of sp³-hybridized carbons (Fsp3) is 0.375. The van der Waals surface area contributed by atoms with Crippen molar-refractivity contribution in [2.24, 2.45) is 0 Å². The third-order valence-corrected chi connectivity index (χ3v) is 8.52. The lowest BCUT2D eigenvalue weighted by molar-refractivity contribution is -0.0343. The molecule has 0 spiro atoms. The normalized spacial score (nSPS) is 16.0. The maximum Gasteiger partial charge on any atom is 0.237 e. The highest BCUT2D eigenvalue weighted by Crippen LogP contribution is 2.39. The number of rotatable bonds is 11. The van der Waals surface area contributed by atoms with Gasteiger partial charge in [-0.2, -0.15) is 0 Å². The van der Waals surface area contributed by atoms with Gasteiger partial charge in [0.15, 0.2) is 0 Å². The van der Waals surface area contributed by atoms with Crippen LogP contribution < -0.4 is 9.47 Å². The highest BCUT2D eigenvalue weighted by Gasteiger charge is 2.29. The summed E-state index contributed by atoms with van der Waals surface area (Å²) >= 11 is 6.93. The highest BCUT2D eigenvalue weighted by atomic mass is 35.5. The Kier molecular flexibility index (Phi) is 9.01. The number of halogens is 2. The maximum atomic E-state index is 16.2. The van der Waals surface area contributed by atoms with Crippen molar-refractivity contribution < 1.29 is 23.3 Å². The molecule has 6 rings (SSSR count). The molecular weight excluding hydrogens is 587 g/mol. The Hall–Kier alpha value is -3.74. The largest absolute Gasteiger partial charge is 0.480 e. The van der Waals surface area contributed by atoms with Crippen LogP contribution in [0.2, 0.25) is 5.02 Å². The third kappa shape index (κ3) is 5.98. The number of nitrogens with zero attached hydrogens (tertiary/aromatic N) is 6. The SMILES string of the molecule is COc1nc(-c2cccc(-c3cccc(-c4cnc(CN5CC(OC)C5)c(OC)n4)c3Cl)c2F)cnc1CN1CC(OC)C1. The van der Waals surface area contributed by atoms with Gasteiger partial charge < -0.3 is 18.9 Å². The van der Waals surface area contributed by atoms with Crippen LogP contribution in [0.25, 0.3) is 33.6 Å². The van der Waals surface area contributed by atoms with Gasteiger partial charge in [-0.15, -0.1) is 0 Å². The maximum absolute atomic E-state index is 16.2. The van der Waals surface area contributed by atoms with E-state index in [0.29, 0.717) is 63.6 Å². The van der Waals surface area contributed by atoms with Crippen molar-refractivity contribution >= 4 is 11.6 Å². The zero-order valence-electron chi connectivity index (χ0n) is 25.1. The number of ether oxygens (including phenoxy) is 4. The van der Waals surface area contributed by atoms with Crippen molar-refractivity contribution in [3.05, 3.63) is 71.0 Å². The van der Waals surface area contributed by atoms with Gasteiger partial charge in [-0.1, -0.05) is 41.9 Å². The minimum absolute atomic E-state index is 0.226. The molecule has 0 saturated carbocycles. The van der Waals surface area contributed by atoms with Crippen LogP contribution in [-0.4, -0.2) is 96.6 Å². The van der Waals surface area contributed by atoms with Crippen molar-refractivity contribution in [3.63, 3.8) is 0 Å². The Morgan fingerprint density at radius 3 is 1.66 bits per heavy atom. The lowest BCUT2D eigenvalue weighted by atomic mass is 9.98. The molecule has 2 aromatic carbocycles. The average Bonchev–Trinajstić information content (AvgIpc) is 3.01. The number of aromatic nitrogens is 4. The molecule has 44 heavy (non-hydrogen) atoms. The molecule has 2 aromatic heterocycles. The second kappa shape index (κ2) is 13.1. The van der Waals surface area contributed by atoms with Crippen LogP contribution in [-0.2, 0) is 22.6 Å². The van der Waals surface area contributed by atoms with E-state index in [9.17, 15) is 0 Å². The summed E-state index contributed by atoms with van der Waals surface area (Å²) in [6.45, 7) is 4.47. The van der Waals surface area contributed by atoms with Crippen LogP contribution >= 0.6 is 11.6 Å². The Morgan fingerprint density at radius 2 is 1.16 bits per heavy atom. The van der Waals surface area contributed by atoms with Crippen molar-refractivity contribution in [3.8, 4) is 45.4 Å². The van der Waals surface area contributed by atoms with Gasteiger partial charge in [-0.05, 0) is 6.07 Å². The van der Waals surface area contributed by atoms with Gasteiger partial charge in [-0.3, -0.25) is 19.8 Å². The van der Waals surface area contributed by atoms with Crippen LogP contribution in [0, 0.1) is 5.82 Å². The van der Waals surface area contributed by atoms with E-state index in [4.69, 9.17) is 35.5 Å². The number of hydrogen-bond acceptors (Lipinski definition) is 10. The van der Waals surface area contributed by atoms with Gasteiger partial charge in [0.2, 0.25) is 11.8 Å². The molecule has 0 bridgehead atoms. The van der Waals surface area contributed by atoms with Crippen LogP contribution in [0.4, 0.5) is 4.39 Å². The van der Waals surface area contributed by atoms with E-state index in [1.54, 1.807) is 58.0 Å². The third-order valence-electron chi connectivity index (χ3n) is 8.11. The molecule has 230 valence electrons. The van der Waals surface area contributed by atoms with Crippen molar-refractivity contribution in [1.82, 2.24) is 29.7 Å². The fourth-order valence-electron chi connectivity index (χ4n) is 5.50. The molecule has 10 nitrogen and oxygen atoms in total. The minimum atomic E-state index is -0.468. The van der Waals surface area contributed by atoms with Gasteiger partial charge in [0.1, 0.15) is 17.2 Å². The first-order valence-corrected chi connectivity index (χ1v) is 14.7. The van der Waals surface area contributed by atoms with Crippen LogP contribution in [0.15, 0.2) is 48.8 Å². The van der Waals surface area contributed by atoms with Gasteiger partial charge in [0, 0.05) is 75.7 Å². The van der Waals surface area contributed by atoms with E-state index in [-0.39, 0.29) is 17.8 Å². The summed E-state index contributed by atoms with van der Waals surface area (Å²) in [7, 11) is 6.53. The highest BCUT2D eigenvalue weighted by molar-refractivity contribution is 6.36. The quantitative estimate of drug-likeness (QED) is 0.234. The first-order valence-electron chi connectivity index (χ1n) is 14.3. The Labute approximate surface area is 260 Å². The van der Waals surface area contributed by atoms with Gasteiger partial charge in [-0.25, -0.2) is 14.4 Å². The van der Waals surface area contributed by atoms with E-state index in [1.165, 1.54) is 7.11 Å². The Balaban J connectivity index is 1.27. The van der Waals surface area contributed by atoms with Crippen LogP contribution in [0.3, 0.4) is 0 Å². The van der Waals surface area contributed by atoms with Gasteiger partial charge >= 0.3 is 0 Å². The molecule has 0 amide bonds. The molecule has 0 aliphatic carbocycles. The lowest BCUT2D eigenvalue weighted by Crippen LogP contribution is -2.51. The average molecular weight is 621 g/mol. The molecule has 2 saturated heterocycles. The van der Waals surface area contributed by atoms with E-state index in [0.717, 1.165) is 31.9 Å². The molecule has 4 aromatic rings. The Morgan fingerprint density at radius 1 is 0.705 bits per heavy atom. The number of hydrogen-bond donors (Lipinski definition) is 0. The molecule has 0 atom stereocenters. The monoisotopic (exact) mass is 620 g/mol. The molecular formula is C32H34ClFN6O4. The summed E-state index contributed by atoms with van der Waals surface area (Å²) < 4.78 is 38.0. The summed E-state index contributed by atoms with van der Waals surface area (Å²) in [4.78, 5) is 22.9. The van der Waals surface area contributed by atoms with E-state index >= 15 is 4.39 Å². The zero-order chi connectivity index (χ0) is 30.8. The predicted octanol–water partition coefficient (Wildman–Crippen LogP) is 4.74. The summed E-state index contributed by atoms with van der Waals surface area (Å²) in [5.41, 5.74) is 4.04.